The van der Waals surface area contributed by atoms with E-state index in [1.54, 1.807) is 29.6 Å². The van der Waals surface area contributed by atoms with Crippen LogP contribution in [0.2, 0.25) is 5.02 Å². The molecule has 1 heterocycles. The summed E-state index contributed by atoms with van der Waals surface area (Å²) in [4.78, 5) is 18.9. The Morgan fingerprint density at radius 3 is 2.87 bits per heavy atom. The van der Waals surface area contributed by atoms with Gasteiger partial charge < -0.3 is 19.5 Å². The van der Waals surface area contributed by atoms with Crippen molar-refractivity contribution in [3.63, 3.8) is 0 Å². The number of aryl methyl sites for hydroxylation is 1. The summed E-state index contributed by atoms with van der Waals surface area (Å²) in [6.07, 6.45) is 6.22. The zero-order valence-corrected chi connectivity index (χ0v) is 19.1. The largest absolute Gasteiger partial charge is 0.494 e. The van der Waals surface area contributed by atoms with Gasteiger partial charge in [-0.2, -0.15) is 0 Å². The first-order valence-corrected chi connectivity index (χ1v) is 10.9. The van der Waals surface area contributed by atoms with E-state index in [0.717, 1.165) is 28.8 Å². The second-order valence-electron chi connectivity index (χ2n) is 6.67. The van der Waals surface area contributed by atoms with Gasteiger partial charge in [0.05, 0.1) is 30.2 Å². The summed E-state index contributed by atoms with van der Waals surface area (Å²) in [6.45, 7) is 4.29. The second kappa shape index (κ2) is 11.0. The van der Waals surface area contributed by atoms with Crippen molar-refractivity contribution in [2.24, 2.45) is 0 Å². The van der Waals surface area contributed by atoms with Gasteiger partial charge in [-0.25, -0.2) is 9.78 Å². The highest BCUT2D eigenvalue weighted by atomic mass is 79.9. The van der Waals surface area contributed by atoms with E-state index in [0.29, 0.717) is 30.4 Å². The smallest absolute Gasteiger partial charge is 0.322 e. The van der Waals surface area contributed by atoms with E-state index in [1.807, 2.05) is 48.0 Å². The molecule has 0 aliphatic heterocycles. The Hall–Kier alpha value is -2.51. The molecular weight excluding hydrogens is 468 g/mol. The highest BCUT2D eigenvalue weighted by molar-refractivity contribution is 9.10. The molecule has 0 bridgehead atoms. The number of carbonyl (C=O) groups excluding carboxylic acids is 1. The summed E-state index contributed by atoms with van der Waals surface area (Å²) < 4.78 is 8.59. The molecule has 0 aliphatic rings. The number of halogens is 2. The van der Waals surface area contributed by atoms with Gasteiger partial charge in [0.1, 0.15) is 5.75 Å². The molecule has 3 rings (SSSR count). The summed E-state index contributed by atoms with van der Waals surface area (Å²) in [5.41, 5.74) is 1.53. The third-order valence-corrected chi connectivity index (χ3v) is 5.30. The van der Waals surface area contributed by atoms with E-state index in [1.165, 1.54) is 0 Å². The molecule has 6 nitrogen and oxygen atoms in total. The summed E-state index contributed by atoms with van der Waals surface area (Å²) in [6, 6.07) is 12.9. The van der Waals surface area contributed by atoms with Gasteiger partial charge in [-0.1, -0.05) is 45.7 Å². The highest BCUT2D eigenvalue weighted by Gasteiger charge is 2.17. The quantitative estimate of drug-likeness (QED) is 0.410. The molecule has 0 atom stereocenters. The van der Waals surface area contributed by atoms with Crippen LogP contribution in [-0.2, 0) is 13.1 Å². The molecule has 3 aromatic rings. The van der Waals surface area contributed by atoms with E-state index in [-0.39, 0.29) is 6.03 Å². The van der Waals surface area contributed by atoms with Gasteiger partial charge in [-0.15, -0.1) is 0 Å². The Morgan fingerprint density at radius 1 is 1.30 bits per heavy atom. The number of carbonyl (C=O) groups is 1. The fourth-order valence-corrected chi connectivity index (χ4v) is 3.76. The predicted octanol–water partition coefficient (Wildman–Crippen LogP) is 5.82. The van der Waals surface area contributed by atoms with Crippen LogP contribution in [-0.4, -0.2) is 33.6 Å². The minimum atomic E-state index is -0.212. The number of nitrogens with one attached hydrogen (secondary N) is 1. The topological polar surface area (TPSA) is 59.4 Å². The van der Waals surface area contributed by atoms with Gasteiger partial charge in [0.15, 0.2) is 0 Å². The summed E-state index contributed by atoms with van der Waals surface area (Å²) >= 11 is 9.67. The third kappa shape index (κ3) is 6.24. The van der Waals surface area contributed by atoms with Crippen LogP contribution in [0.5, 0.6) is 5.75 Å². The second-order valence-corrected chi connectivity index (χ2v) is 7.99. The Balaban J connectivity index is 1.74. The summed E-state index contributed by atoms with van der Waals surface area (Å²) in [5, 5.41) is 3.40. The zero-order valence-electron chi connectivity index (χ0n) is 16.7. The lowest BCUT2D eigenvalue weighted by Gasteiger charge is -2.25. The van der Waals surface area contributed by atoms with Crippen molar-refractivity contribution in [3.05, 3.63) is 76.2 Å². The van der Waals surface area contributed by atoms with Crippen molar-refractivity contribution in [1.29, 1.82) is 0 Å². The lowest BCUT2D eigenvalue weighted by atomic mass is 10.2. The molecule has 30 heavy (non-hydrogen) atoms. The monoisotopic (exact) mass is 490 g/mol. The minimum Gasteiger partial charge on any atom is -0.494 e. The van der Waals surface area contributed by atoms with Gasteiger partial charge in [0.25, 0.3) is 0 Å². The number of imidazole rings is 1. The van der Waals surface area contributed by atoms with Crippen molar-refractivity contribution in [2.45, 2.75) is 26.4 Å². The molecule has 158 valence electrons. The highest BCUT2D eigenvalue weighted by Crippen LogP contribution is 2.26. The number of urea groups is 1. The lowest BCUT2D eigenvalue weighted by Crippen LogP contribution is -2.36. The molecule has 0 aliphatic carbocycles. The van der Waals surface area contributed by atoms with E-state index in [4.69, 9.17) is 16.3 Å². The number of rotatable bonds is 9. The van der Waals surface area contributed by atoms with E-state index in [9.17, 15) is 4.79 Å². The number of benzene rings is 2. The maximum absolute atomic E-state index is 13.1. The van der Waals surface area contributed by atoms with Crippen LogP contribution in [0.4, 0.5) is 10.5 Å². The van der Waals surface area contributed by atoms with E-state index < -0.39 is 0 Å². The maximum atomic E-state index is 13.1. The van der Waals surface area contributed by atoms with E-state index in [2.05, 4.69) is 26.2 Å². The average Bonchev–Trinajstić information content (AvgIpc) is 3.24. The first kappa shape index (κ1) is 22.2. The fraction of sp³-hybridized carbons (Fsp3) is 0.273. The predicted molar refractivity (Wildman–Crippen MR) is 123 cm³/mol. The van der Waals surface area contributed by atoms with Gasteiger partial charge >= 0.3 is 6.03 Å². The fourth-order valence-electron chi connectivity index (χ4n) is 3.04. The van der Waals surface area contributed by atoms with Gasteiger partial charge in [-0.3, -0.25) is 0 Å². The van der Waals surface area contributed by atoms with Crippen molar-refractivity contribution >= 4 is 39.2 Å². The van der Waals surface area contributed by atoms with Crippen LogP contribution < -0.4 is 10.1 Å². The zero-order chi connectivity index (χ0) is 21.3. The Labute approximate surface area is 189 Å². The maximum Gasteiger partial charge on any atom is 0.322 e. The van der Waals surface area contributed by atoms with Gasteiger partial charge in [0.2, 0.25) is 0 Å². The Bertz CT molecular complexity index is 966. The molecule has 0 fully saturated rings. The first-order chi connectivity index (χ1) is 14.6. The molecule has 0 radical (unpaired) electrons. The number of hydrogen-bond acceptors (Lipinski definition) is 3. The number of hydrogen-bond donors (Lipinski definition) is 1. The minimum absolute atomic E-state index is 0.212. The molecule has 8 heteroatoms. The molecular formula is C22H24BrClN4O2. The molecule has 1 aromatic heterocycles. The first-order valence-electron chi connectivity index (χ1n) is 9.74. The van der Waals surface area contributed by atoms with Gasteiger partial charge in [0, 0.05) is 35.5 Å². The normalized spacial score (nSPS) is 10.6. The van der Waals surface area contributed by atoms with Crippen molar-refractivity contribution in [3.8, 4) is 5.75 Å². The Kier molecular flexibility index (Phi) is 8.16. The lowest BCUT2D eigenvalue weighted by molar-refractivity contribution is 0.206. The Morgan fingerprint density at radius 2 is 2.13 bits per heavy atom. The molecule has 0 saturated heterocycles. The average molecular weight is 492 g/mol. The van der Waals surface area contributed by atoms with Crippen LogP contribution in [0.15, 0.2) is 65.7 Å². The number of aromatic nitrogens is 2. The molecule has 2 aromatic carbocycles. The van der Waals surface area contributed by atoms with Crippen molar-refractivity contribution in [2.75, 3.05) is 18.5 Å². The third-order valence-electron chi connectivity index (χ3n) is 4.50. The molecule has 0 spiro atoms. The van der Waals surface area contributed by atoms with Crippen LogP contribution >= 0.6 is 27.5 Å². The van der Waals surface area contributed by atoms with Crippen molar-refractivity contribution in [1.82, 2.24) is 14.5 Å². The molecule has 0 saturated carbocycles. The number of ether oxygens (including phenoxy) is 1. The van der Waals surface area contributed by atoms with Gasteiger partial charge in [-0.05, 0) is 37.6 Å². The van der Waals surface area contributed by atoms with Crippen LogP contribution in [0.25, 0.3) is 0 Å². The van der Waals surface area contributed by atoms with Crippen LogP contribution in [0, 0.1) is 0 Å². The van der Waals surface area contributed by atoms with Crippen LogP contribution in [0.1, 0.15) is 18.9 Å². The number of para-hydroxylation sites is 1. The molecule has 1 N–H and O–H groups in total. The molecule has 0 unspecified atom stereocenters. The standard InChI is InChI=1S/C22H24BrClN4O2/c1-2-30-21-7-4-3-6-17(21)15-28(12-5-11-27-13-10-25-16-27)22(29)26-20-9-8-18(23)14-19(20)24/h3-4,6-10,13-14,16H,2,5,11-12,15H2,1H3,(H,26,29). The molecule has 2 amide bonds. The number of anilines is 1. The van der Waals surface area contributed by atoms with Crippen molar-refractivity contribution < 1.29 is 9.53 Å². The van der Waals surface area contributed by atoms with Crippen LogP contribution in [0.3, 0.4) is 0 Å². The SMILES string of the molecule is CCOc1ccccc1CN(CCCn1ccnc1)C(=O)Nc1ccc(Br)cc1Cl. The summed E-state index contributed by atoms with van der Waals surface area (Å²) in [5.74, 6) is 0.786. The number of amides is 2. The van der Waals surface area contributed by atoms with E-state index >= 15 is 0 Å². The summed E-state index contributed by atoms with van der Waals surface area (Å²) in [7, 11) is 0. The number of nitrogens with zero attached hydrogens (tertiary/aromatic N) is 3.